The van der Waals surface area contributed by atoms with Crippen molar-refractivity contribution in [3.63, 3.8) is 0 Å². The molecule has 5 nitrogen and oxygen atoms in total. The number of aliphatic imine (C=N–C) groups is 1. The van der Waals surface area contributed by atoms with Crippen LogP contribution in [0.3, 0.4) is 0 Å². The van der Waals surface area contributed by atoms with Gasteiger partial charge in [0, 0.05) is 52.9 Å². The van der Waals surface area contributed by atoms with Crippen LogP contribution >= 0.6 is 118 Å². The number of nitrogens with zero attached hydrogens (tertiary/aromatic N) is 1. The van der Waals surface area contributed by atoms with Gasteiger partial charge in [0.1, 0.15) is 0 Å². The number of thioether (sulfide) groups is 10. The molecule has 0 heterocycles. The molecule has 0 aliphatic carbocycles. The highest BCUT2D eigenvalue weighted by atomic mass is 32.3. The Kier molecular flexibility index (Phi) is 32.6. The standard InChI is InChI=1S/C16H32N2O3S11/c1-22-9-26-12-29-14-30-15-31-16(20)18-7-25-11-28-13-27-10-24-6-17-8-32(21)5-4-23-3-2-19/h8,19H,2-7,9-15H2,1H3,(H,18,20)/b17-8+. The minimum atomic E-state index is -1.00. The van der Waals surface area contributed by atoms with E-state index in [4.69, 9.17) is 5.11 Å². The number of hydrogen-bond donors (Lipinski definition) is 2. The molecule has 1 unspecified atom stereocenters. The number of aliphatic hydroxyl groups is 1. The van der Waals surface area contributed by atoms with Crippen molar-refractivity contribution in [2.75, 3.05) is 77.5 Å². The molecule has 0 spiro atoms. The molecular formula is C16H32N2O3S11. The second-order valence-corrected chi connectivity index (χ2v) is 19.0. The lowest BCUT2D eigenvalue weighted by molar-refractivity contribution is 0.262. The van der Waals surface area contributed by atoms with Gasteiger partial charge in [-0.15, -0.1) is 82.3 Å². The Hall–Kier alpha value is 2.75. The van der Waals surface area contributed by atoms with Gasteiger partial charge in [0.25, 0.3) is 5.24 Å². The van der Waals surface area contributed by atoms with E-state index in [0.717, 1.165) is 41.3 Å². The average Bonchev–Trinajstić information content (AvgIpc) is 2.79. The first kappa shape index (κ1) is 34.8. The molecule has 0 saturated carbocycles. The van der Waals surface area contributed by atoms with Crippen LogP contribution < -0.4 is 5.32 Å². The summed E-state index contributed by atoms with van der Waals surface area (Å²) in [4.78, 5) is 16.0. The lowest BCUT2D eigenvalue weighted by Crippen LogP contribution is -2.17. The van der Waals surface area contributed by atoms with E-state index in [1.807, 2.05) is 58.8 Å². The maximum Gasteiger partial charge on any atom is 0.280 e. The third-order valence-electron chi connectivity index (χ3n) is 2.65. The largest absolute Gasteiger partial charge is 0.396 e. The fourth-order valence-electron chi connectivity index (χ4n) is 1.41. The van der Waals surface area contributed by atoms with Gasteiger partial charge in [0.15, 0.2) is 0 Å². The number of hydrogen-bond acceptors (Lipinski definition) is 14. The topological polar surface area (TPSA) is 78.8 Å². The van der Waals surface area contributed by atoms with E-state index in [1.54, 1.807) is 52.6 Å². The minimum Gasteiger partial charge on any atom is -0.396 e. The summed E-state index contributed by atoms with van der Waals surface area (Å²) in [7, 11) is -1.00. The maximum absolute atomic E-state index is 11.8. The summed E-state index contributed by atoms with van der Waals surface area (Å²) in [5.74, 6) is 3.38. The van der Waals surface area contributed by atoms with Gasteiger partial charge in [0.2, 0.25) is 0 Å². The van der Waals surface area contributed by atoms with Crippen molar-refractivity contribution in [3.8, 4) is 0 Å². The molecule has 0 aromatic rings. The molecule has 0 saturated heterocycles. The zero-order valence-corrected chi connectivity index (χ0v) is 27.0. The van der Waals surface area contributed by atoms with Gasteiger partial charge < -0.3 is 10.4 Å². The molecule has 2 N–H and O–H groups in total. The molecule has 0 rings (SSSR count). The summed E-state index contributed by atoms with van der Waals surface area (Å²) in [5.41, 5.74) is 1.54. The molecule has 190 valence electrons. The highest BCUT2D eigenvalue weighted by Gasteiger charge is 2.02. The summed E-state index contributed by atoms with van der Waals surface area (Å²) >= 11 is 17.6. The summed E-state index contributed by atoms with van der Waals surface area (Å²) in [6, 6.07) is 0. The molecule has 16 heteroatoms. The molecule has 32 heavy (non-hydrogen) atoms. The van der Waals surface area contributed by atoms with Crippen LogP contribution in [-0.2, 0) is 10.8 Å². The smallest absolute Gasteiger partial charge is 0.280 e. The first-order valence-electron chi connectivity index (χ1n) is 9.20. The highest BCUT2D eigenvalue weighted by molar-refractivity contribution is 8.30. The van der Waals surface area contributed by atoms with E-state index >= 15 is 0 Å². The van der Waals surface area contributed by atoms with Gasteiger partial charge in [-0.05, 0) is 6.26 Å². The monoisotopic (exact) mass is 652 g/mol. The lowest BCUT2D eigenvalue weighted by atomic mass is 10.9. The molecule has 0 bridgehead atoms. The van der Waals surface area contributed by atoms with Gasteiger partial charge in [-0.3, -0.25) is 14.0 Å². The first-order valence-corrected chi connectivity index (χ1v) is 22.2. The van der Waals surface area contributed by atoms with Gasteiger partial charge in [-0.2, -0.15) is 23.5 Å². The number of amides is 1. The van der Waals surface area contributed by atoms with Crippen LogP contribution in [0.25, 0.3) is 0 Å². The van der Waals surface area contributed by atoms with E-state index in [0.29, 0.717) is 23.3 Å². The Labute approximate surface area is 238 Å². The minimum absolute atomic E-state index is 0.0629. The van der Waals surface area contributed by atoms with Crippen LogP contribution in [-0.4, -0.2) is 97.6 Å². The normalized spacial score (nSPS) is 12.4. The molecule has 0 radical (unpaired) electrons. The van der Waals surface area contributed by atoms with Gasteiger partial charge in [-0.25, -0.2) is 0 Å². The molecule has 0 fully saturated rings. The van der Waals surface area contributed by atoms with Gasteiger partial charge >= 0.3 is 0 Å². The Bertz CT molecular complexity index is 479. The first-order chi connectivity index (χ1) is 15.7. The second-order valence-electron chi connectivity index (χ2n) is 5.13. The van der Waals surface area contributed by atoms with E-state index in [2.05, 4.69) is 16.6 Å². The van der Waals surface area contributed by atoms with Crippen molar-refractivity contribution in [1.29, 1.82) is 0 Å². The molecule has 0 aliphatic heterocycles. The van der Waals surface area contributed by atoms with E-state index in [-0.39, 0.29) is 11.8 Å². The summed E-state index contributed by atoms with van der Waals surface area (Å²) in [5, 5.41) is 18.8. The molecular weight excluding hydrogens is 621 g/mol. The zero-order chi connectivity index (χ0) is 23.5. The van der Waals surface area contributed by atoms with Crippen molar-refractivity contribution < 1.29 is 14.1 Å². The Morgan fingerprint density at radius 1 is 0.875 bits per heavy atom. The molecule has 1 atom stereocenters. The highest BCUT2D eigenvalue weighted by Crippen LogP contribution is 2.23. The van der Waals surface area contributed by atoms with Crippen molar-refractivity contribution in [2.24, 2.45) is 4.99 Å². The van der Waals surface area contributed by atoms with Crippen LogP contribution in [0.5, 0.6) is 0 Å². The van der Waals surface area contributed by atoms with Gasteiger partial charge in [0.05, 0.1) is 34.7 Å². The molecule has 0 aromatic carbocycles. The number of aliphatic hydroxyl groups excluding tert-OH is 1. The van der Waals surface area contributed by atoms with E-state index < -0.39 is 10.8 Å². The Morgan fingerprint density at radius 2 is 1.50 bits per heavy atom. The fourth-order valence-corrected chi connectivity index (χ4v) is 12.8. The van der Waals surface area contributed by atoms with Crippen LogP contribution in [0.15, 0.2) is 4.99 Å². The second kappa shape index (κ2) is 30.0. The van der Waals surface area contributed by atoms with Gasteiger partial charge in [-0.1, -0.05) is 11.8 Å². The predicted molar refractivity (Wildman–Crippen MR) is 172 cm³/mol. The predicted octanol–water partition coefficient (Wildman–Crippen LogP) is 6.04. The van der Waals surface area contributed by atoms with Crippen LogP contribution in [0.1, 0.15) is 0 Å². The molecule has 0 aromatic heterocycles. The number of carbonyl (C=O) groups is 1. The quantitative estimate of drug-likeness (QED) is 0.0551. The maximum atomic E-state index is 11.8. The van der Waals surface area contributed by atoms with Crippen molar-refractivity contribution >= 4 is 139 Å². The lowest BCUT2D eigenvalue weighted by Gasteiger charge is -2.05. The average molecular weight is 653 g/mol. The van der Waals surface area contributed by atoms with Crippen molar-refractivity contribution in [1.82, 2.24) is 5.32 Å². The third kappa shape index (κ3) is 29.0. The summed E-state index contributed by atoms with van der Waals surface area (Å²) < 4.78 is 11.7. The van der Waals surface area contributed by atoms with E-state index in [9.17, 15) is 9.00 Å². The number of nitrogens with one attached hydrogen (secondary N) is 1. The Morgan fingerprint density at radius 3 is 2.19 bits per heavy atom. The Balaban J connectivity index is 3.27. The van der Waals surface area contributed by atoms with E-state index in [1.165, 1.54) is 11.8 Å². The number of rotatable bonds is 24. The third-order valence-corrected chi connectivity index (χ3v) is 15.4. The van der Waals surface area contributed by atoms with Crippen LogP contribution in [0.4, 0.5) is 4.79 Å². The summed E-state index contributed by atoms with van der Waals surface area (Å²) in [6.45, 7) is 0.170. The van der Waals surface area contributed by atoms with Crippen LogP contribution in [0, 0.1) is 0 Å². The van der Waals surface area contributed by atoms with Crippen molar-refractivity contribution in [2.45, 2.75) is 0 Å². The van der Waals surface area contributed by atoms with Crippen molar-refractivity contribution in [3.05, 3.63) is 0 Å². The SMILES string of the molecule is CSCSCSCSCSC(=O)NCSCSCSCSC/N=C/S(=O)CCSCCO. The fraction of sp³-hybridized carbons (Fsp3) is 0.875. The number of carbonyl (C=O) groups excluding carboxylic acids is 1. The molecule has 0 aliphatic rings. The molecule has 1 amide bonds. The van der Waals surface area contributed by atoms with Crippen LogP contribution in [0.2, 0.25) is 0 Å². The zero-order valence-electron chi connectivity index (χ0n) is 18.0. The summed E-state index contributed by atoms with van der Waals surface area (Å²) in [6.07, 6.45) is 2.12.